The van der Waals surface area contributed by atoms with Crippen molar-refractivity contribution >= 4 is 39.3 Å². The highest BCUT2D eigenvalue weighted by Crippen LogP contribution is 2.32. The topological polar surface area (TPSA) is 72.5 Å². The van der Waals surface area contributed by atoms with Gasteiger partial charge in [0.15, 0.2) is 5.78 Å². The number of carbonyl (C=O) groups is 3. The monoisotopic (exact) mass is 413 g/mol. The number of esters is 1. The SMILES string of the molecule is CCOC(=O)C1=C(c2ccccc2)NC(=O)C1C(=O)c1ccc(Br)cc1. The molecule has 1 atom stereocenters. The molecule has 2 aromatic carbocycles. The van der Waals surface area contributed by atoms with Gasteiger partial charge < -0.3 is 10.1 Å². The number of ketones is 1. The Balaban J connectivity index is 2.08. The van der Waals surface area contributed by atoms with Gasteiger partial charge in [-0.15, -0.1) is 0 Å². The Morgan fingerprint density at radius 3 is 2.35 bits per heavy atom. The van der Waals surface area contributed by atoms with E-state index in [2.05, 4.69) is 21.2 Å². The van der Waals surface area contributed by atoms with Crippen LogP contribution in [0.2, 0.25) is 0 Å². The lowest BCUT2D eigenvalue weighted by atomic mass is 9.90. The van der Waals surface area contributed by atoms with Gasteiger partial charge in [-0.1, -0.05) is 58.4 Å². The highest BCUT2D eigenvalue weighted by Gasteiger charge is 2.43. The molecule has 0 saturated heterocycles. The van der Waals surface area contributed by atoms with Crippen molar-refractivity contribution in [2.24, 2.45) is 5.92 Å². The van der Waals surface area contributed by atoms with Crippen LogP contribution in [0.25, 0.3) is 5.70 Å². The molecule has 1 unspecified atom stereocenters. The summed E-state index contributed by atoms with van der Waals surface area (Å²) in [7, 11) is 0. The predicted octanol–water partition coefficient (Wildman–Crippen LogP) is 3.35. The van der Waals surface area contributed by atoms with E-state index in [0.717, 1.165) is 4.47 Å². The minimum Gasteiger partial charge on any atom is -0.463 e. The van der Waals surface area contributed by atoms with E-state index in [1.54, 1.807) is 55.5 Å². The summed E-state index contributed by atoms with van der Waals surface area (Å²) in [5, 5.41) is 2.68. The third-order valence-electron chi connectivity index (χ3n) is 4.02. The van der Waals surface area contributed by atoms with Crippen LogP contribution in [0.15, 0.2) is 64.6 Å². The Bertz CT molecular complexity index is 888. The van der Waals surface area contributed by atoms with Crippen molar-refractivity contribution in [3.8, 4) is 0 Å². The lowest BCUT2D eigenvalue weighted by Gasteiger charge is -2.11. The summed E-state index contributed by atoms with van der Waals surface area (Å²) in [5.74, 6) is -2.87. The standard InChI is InChI=1S/C20H16BrNO4/c1-2-26-20(25)15-16(18(23)13-8-10-14(21)11-9-13)19(24)22-17(15)12-6-4-3-5-7-12/h3-11,16H,2H2,1H3,(H,22,24). The van der Waals surface area contributed by atoms with Crippen LogP contribution in [0, 0.1) is 5.92 Å². The summed E-state index contributed by atoms with van der Waals surface area (Å²) in [5.41, 5.74) is 1.37. The first-order valence-electron chi connectivity index (χ1n) is 8.10. The van der Waals surface area contributed by atoms with E-state index in [9.17, 15) is 14.4 Å². The summed E-state index contributed by atoms with van der Waals surface area (Å²) >= 11 is 3.31. The fourth-order valence-electron chi connectivity index (χ4n) is 2.83. The molecule has 1 heterocycles. The molecule has 1 aliphatic rings. The van der Waals surface area contributed by atoms with Crippen molar-refractivity contribution in [1.29, 1.82) is 0 Å². The first-order valence-corrected chi connectivity index (χ1v) is 8.89. The van der Waals surface area contributed by atoms with Gasteiger partial charge >= 0.3 is 5.97 Å². The number of benzene rings is 2. The van der Waals surface area contributed by atoms with E-state index in [1.807, 2.05) is 6.07 Å². The molecule has 0 saturated carbocycles. The number of amides is 1. The minimum atomic E-state index is -1.23. The molecular weight excluding hydrogens is 398 g/mol. The highest BCUT2D eigenvalue weighted by atomic mass is 79.9. The number of rotatable bonds is 5. The maximum Gasteiger partial charge on any atom is 0.337 e. The largest absolute Gasteiger partial charge is 0.463 e. The number of Topliss-reactive ketones (excluding diaryl/α,β-unsaturated/α-hetero) is 1. The average molecular weight is 414 g/mol. The van der Waals surface area contributed by atoms with Gasteiger partial charge in [0.05, 0.1) is 17.9 Å². The van der Waals surface area contributed by atoms with E-state index in [0.29, 0.717) is 16.8 Å². The number of ether oxygens (including phenoxy) is 1. The Morgan fingerprint density at radius 1 is 1.08 bits per heavy atom. The second-order valence-electron chi connectivity index (χ2n) is 5.67. The summed E-state index contributed by atoms with van der Waals surface area (Å²) < 4.78 is 5.93. The van der Waals surface area contributed by atoms with Gasteiger partial charge in [-0.05, 0) is 24.6 Å². The number of hydrogen-bond donors (Lipinski definition) is 1. The molecule has 26 heavy (non-hydrogen) atoms. The van der Waals surface area contributed by atoms with Crippen LogP contribution in [0.5, 0.6) is 0 Å². The molecular formula is C20H16BrNO4. The van der Waals surface area contributed by atoms with Gasteiger partial charge in [0, 0.05) is 10.0 Å². The first-order chi connectivity index (χ1) is 12.5. The molecule has 0 radical (unpaired) electrons. The zero-order valence-electron chi connectivity index (χ0n) is 14.0. The van der Waals surface area contributed by atoms with Crippen molar-refractivity contribution in [1.82, 2.24) is 5.32 Å². The predicted molar refractivity (Wildman–Crippen MR) is 100 cm³/mol. The Hall–Kier alpha value is -2.73. The van der Waals surface area contributed by atoms with E-state index in [4.69, 9.17) is 4.74 Å². The molecule has 132 valence electrons. The molecule has 3 rings (SSSR count). The van der Waals surface area contributed by atoms with Crippen LogP contribution in [0.1, 0.15) is 22.8 Å². The summed E-state index contributed by atoms with van der Waals surface area (Å²) in [4.78, 5) is 38.1. The van der Waals surface area contributed by atoms with Gasteiger partial charge in [0.2, 0.25) is 5.91 Å². The molecule has 0 aromatic heterocycles. The normalized spacial score (nSPS) is 16.4. The lowest BCUT2D eigenvalue weighted by Crippen LogP contribution is -2.30. The molecule has 1 aliphatic heterocycles. The number of hydrogen-bond acceptors (Lipinski definition) is 4. The molecule has 0 aliphatic carbocycles. The zero-order chi connectivity index (χ0) is 18.7. The van der Waals surface area contributed by atoms with E-state index >= 15 is 0 Å². The highest BCUT2D eigenvalue weighted by molar-refractivity contribution is 9.10. The maximum absolute atomic E-state index is 12.9. The van der Waals surface area contributed by atoms with E-state index in [1.165, 1.54) is 0 Å². The van der Waals surface area contributed by atoms with Crippen LogP contribution < -0.4 is 5.32 Å². The van der Waals surface area contributed by atoms with Gasteiger partial charge in [0.1, 0.15) is 5.92 Å². The third-order valence-corrected chi connectivity index (χ3v) is 4.55. The van der Waals surface area contributed by atoms with Gasteiger partial charge in [-0.3, -0.25) is 9.59 Å². The van der Waals surface area contributed by atoms with Crippen molar-refractivity contribution < 1.29 is 19.1 Å². The lowest BCUT2D eigenvalue weighted by molar-refractivity contribution is -0.139. The number of halogens is 1. The molecule has 6 heteroatoms. The molecule has 1 N–H and O–H groups in total. The van der Waals surface area contributed by atoms with Crippen LogP contribution in [-0.2, 0) is 14.3 Å². The van der Waals surface area contributed by atoms with Crippen LogP contribution in [0.3, 0.4) is 0 Å². The maximum atomic E-state index is 12.9. The fraction of sp³-hybridized carbons (Fsp3) is 0.150. The second-order valence-corrected chi connectivity index (χ2v) is 6.58. The second kappa shape index (κ2) is 7.66. The Morgan fingerprint density at radius 2 is 1.73 bits per heavy atom. The number of nitrogens with one attached hydrogen (secondary N) is 1. The summed E-state index contributed by atoms with van der Waals surface area (Å²) in [6.07, 6.45) is 0. The van der Waals surface area contributed by atoms with E-state index < -0.39 is 23.6 Å². The van der Waals surface area contributed by atoms with Gasteiger partial charge in [0.25, 0.3) is 0 Å². The molecule has 0 fully saturated rings. The molecule has 5 nitrogen and oxygen atoms in total. The van der Waals surface area contributed by atoms with Crippen LogP contribution >= 0.6 is 15.9 Å². The summed E-state index contributed by atoms with van der Waals surface area (Å²) in [6, 6.07) is 15.6. The smallest absolute Gasteiger partial charge is 0.337 e. The van der Waals surface area contributed by atoms with Crippen molar-refractivity contribution in [3.05, 3.63) is 75.8 Å². The molecule has 0 spiro atoms. The quantitative estimate of drug-likeness (QED) is 0.463. The molecule has 1 amide bonds. The van der Waals surface area contributed by atoms with Crippen molar-refractivity contribution in [2.75, 3.05) is 6.61 Å². The van der Waals surface area contributed by atoms with Crippen molar-refractivity contribution in [3.63, 3.8) is 0 Å². The number of carbonyl (C=O) groups excluding carboxylic acids is 3. The fourth-order valence-corrected chi connectivity index (χ4v) is 3.09. The van der Waals surface area contributed by atoms with Crippen LogP contribution in [-0.4, -0.2) is 24.3 Å². The first kappa shape index (κ1) is 18.1. The van der Waals surface area contributed by atoms with Crippen LogP contribution in [0.4, 0.5) is 0 Å². The van der Waals surface area contributed by atoms with E-state index in [-0.39, 0.29) is 12.2 Å². The van der Waals surface area contributed by atoms with Gasteiger partial charge in [-0.2, -0.15) is 0 Å². The van der Waals surface area contributed by atoms with Crippen molar-refractivity contribution in [2.45, 2.75) is 6.92 Å². The summed E-state index contributed by atoms with van der Waals surface area (Å²) in [6.45, 7) is 1.83. The zero-order valence-corrected chi connectivity index (χ0v) is 15.6. The molecule has 2 aromatic rings. The minimum absolute atomic E-state index is 0.0518. The van der Waals surface area contributed by atoms with Gasteiger partial charge in [-0.25, -0.2) is 4.79 Å². The Labute approximate surface area is 159 Å². The Kier molecular flexibility index (Phi) is 5.32. The third kappa shape index (κ3) is 3.46. The average Bonchev–Trinajstić information content (AvgIpc) is 3.00. The molecule has 0 bridgehead atoms.